The second kappa shape index (κ2) is 7.81. The number of aryl methyl sites for hydroxylation is 1. The van der Waals surface area contributed by atoms with Crippen LogP contribution in [-0.4, -0.2) is 5.91 Å². The molecule has 3 N–H and O–H groups in total. The molecular weight excluding hydrogens is 416 g/mol. The third-order valence-electron chi connectivity index (χ3n) is 3.72. The van der Waals surface area contributed by atoms with Gasteiger partial charge in [-0.25, -0.2) is 0 Å². The predicted octanol–water partition coefficient (Wildman–Crippen LogP) is 5.91. The molecular formula is C20H16BrClN2O2. The molecule has 0 aliphatic heterocycles. The number of hydrogen-bond acceptors (Lipinski definition) is 3. The van der Waals surface area contributed by atoms with Gasteiger partial charge in [-0.15, -0.1) is 0 Å². The highest BCUT2D eigenvalue weighted by Gasteiger charge is 2.09. The Kier molecular flexibility index (Phi) is 5.49. The average Bonchev–Trinajstić information content (AvgIpc) is 3.05. The number of amides is 1. The summed E-state index contributed by atoms with van der Waals surface area (Å²) in [5, 5.41) is 3.44. The second-order valence-corrected chi connectivity index (χ2v) is 6.96. The average molecular weight is 432 g/mol. The van der Waals surface area contributed by atoms with E-state index in [1.165, 1.54) is 6.08 Å². The van der Waals surface area contributed by atoms with Crippen molar-refractivity contribution in [1.29, 1.82) is 0 Å². The number of rotatable bonds is 4. The molecule has 2 aromatic carbocycles. The highest BCUT2D eigenvalue weighted by atomic mass is 79.9. The zero-order valence-corrected chi connectivity index (χ0v) is 16.3. The van der Waals surface area contributed by atoms with Gasteiger partial charge in [0, 0.05) is 21.8 Å². The molecule has 0 aliphatic carbocycles. The fraction of sp³-hybridized carbons (Fsp3) is 0.0500. The van der Waals surface area contributed by atoms with Crippen molar-refractivity contribution in [3.8, 4) is 11.3 Å². The number of nitrogens with one attached hydrogen (secondary N) is 1. The van der Waals surface area contributed by atoms with E-state index in [9.17, 15) is 4.79 Å². The van der Waals surface area contributed by atoms with E-state index in [2.05, 4.69) is 21.2 Å². The van der Waals surface area contributed by atoms with Gasteiger partial charge in [-0.05, 0) is 70.9 Å². The zero-order valence-electron chi connectivity index (χ0n) is 13.9. The van der Waals surface area contributed by atoms with Crippen molar-refractivity contribution in [1.82, 2.24) is 0 Å². The molecule has 1 amide bonds. The summed E-state index contributed by atoms with van der Waals surface area (Å²) in [5.74, 6) is 0.935. The van der Waals surface area contributed by atoms with Crippen LogP contribution in [0.3, 0.4) is 0 Å². The molecule has 3 rings (SSSR count). The molecule has 1 aromatic heterocycles. The summed E-state index contributed by atoms with van der Waals surface area (Å²) < 4.78 is 6.47. The van der Waals surface area contributed by atoms with Crippen LogP contribution in [0.5, 0.6) is 0 Å². The lowest BCUT2D eigenvalue weighted by Crippen LogP contribution is -2.09. The fourth-order valence-corrected chi connectivity index (χ4v) is 3.40. The first-order valence-corrected chi connectivity index (χ1v) is 9.00. The van der Waals surface area contributed by atoms with Crippen molar-refractivity contribution in [2.75, 3.05) is 11.1 Å². The van der Waals surface area contributed by atoms with Gasteiger partial charge in [-0.1, -0.05) is 23.7 Å². The van der Waals surface area contributed by atoms with Crippen LogP contribution in [0, 0.1) is 6.92 Å². The van der Waals surface area contributed by atoms with Gasteiger partial charge < -0.3 is 15.5 Å². The molecule has 0 saturated heterocycles. The molecule has 1 heterocycles. The summed E-state index contributed by atoms with van der Waals surface area (Å²) in [7, 11) is 0. The van der Waals surface area contributed by atoms with E-state index in [-0.39, 0.29) is 5.91 Å². The van der Waals surface area contributed by atoms with E-state index in [0.29, 0.717) is 27.9 Å². The monoisotopic (exact) mass is 430 g/mol. The minimum Gasteiger partial charge on any atom is -0.457 e. The molecule has 3 aromatic rings. The van der Waals surface area contributed by atoms with E-state index in [1.54, 1.807) is 30.3 Å². The standard InChI is InChI=1S/C20H16BrClN2O2/c1-12-10-13(23)11-16(21)20(12)24-19(25)9-7-14-6-8-18(26-14)15-4-2-3-5-17(15)22/h2-11H,23H2,1H3,(H,24,25)/b9-7+. The summed E-state index contributed by atoms with van der Waals surface area (Å²) in [6.07, 6.45) is 3.02. The Morgan fingerprint density at radius 3 is 2.73 bits per heavy atom. The van der Waals surface area contributed by atoms with Gasteiger partial charge in [-0.3, -0.25) is 4.79 Å². The molecule has 0 bridgehead atoms. The summed E-state index contributed by atoms with van der Waals surface area (Å²) in [4.78, 5) is 12.2. The van der Waals surface area contributed by atoms with Crippen molar-refractivity contribution in [3.05, 3.63) is 75.4 Å². The Labute approximate surface area is 164 Å². The molecule has 0 fully saturated rings. The van der Waals surface area contributed by atoms with Crippen molar-refractivity contribution in [3.63, 3.8) is 0 Å². The van der Waals surface area contributed by atoms with Crippen molar-refractivity contribution >= 4 is 50.9 Å². The SMILES string of the molecule is Cc1cc(N)cc(Br)c1NC(=O)/C=C/c1ccc(-c2ccccc2Cl)o1. The van der Waals surface area contributed by atoms with Crippen LogP contribution >= 0.6 is 27.5 Å². The van der Waals surface area contributed by atoms with E-state index < -0.39 is 0 Å². The van der Waals surface area contributed by atoms with Crippen LogP contribution < -0.4 is 11.1 Å². The fourth-order valence-electron chi connectivity index (χ4n) is 2.50. The van der Waals surface area contributed by atoms with Crippen LogP contribution in [0.4, 0.5) is 11.4 Å². The van der Waals surface area contributed by atoms with Gasteiger partial charge in [-0.2, -0.15) is 0 Å². The Bertz CT molecular complexity index is 972. The van der Waals surface area contributed by atoms with Crippen molar-refractivity contribution < 1.29 is 9.21 Å². The maximum atomic E-state index is 12.2. The smallest absolute Gasteiger partial charge is 0.248 e. The molecule has 0 saturated carbocycles. The summed E-state index contributed by atoms with van der Waals surface area (Å²) in [5.41, 5.74) is 8.77. The lowest BCUT2D eigenvalue weighted by atomic mass is 10.2. The highest BCUT2D eigenvalue weighted by molar-refractivity contribution is 9.10. The molecule has 132 valence electrons. The minimum atomic E-state index is -0.269. The first-order chi connectivity index (χ1) is 12.4. The Morgan fingerprint density at radius 2 is 2.00 bits per heavy atom. The van der Waals surface area contributed by atoms with Crippen molar-refractivity contribution in [2.45, 2.75) is 6.92 Å². The van der Waals surface area contributed by atoms with Crippen LogP contribution in [0.1, 0.15) is 11.3 Å². The Balaban J connectivity index is 1.73. The topological polar surface area (TPSA) is 68.3 Å². The molecule has 0 spiro atoms. The lowest BCUT2D eigenvalue weighted by Gasteiger charge is -2.10. The number of furan rings is 1. The maximum Gasteiger partial charge on any atom is 0.248 e. The molecule has 0 unspecified atom stereocenters. The van der Waals surface area contributed by atoms with E-state index in [1.807, 2.05) is 31.2 Å². The molecule has 4 nitrogen and oxygen atoms in total. The number of carbonyl (C=O) groups excluding carboxylic acids is 1. The van der Waals surface area contributed by atoms with Gasteiger partial charge in [0.2, 0.25) is 5.91 Å². The van der Waals surface area contributed by atoms with Gasteiger partial charge >= 0.3 is 0 Å². The number of anilines is 2. The quantitative estimate of drug-likeness (QED) is 0.399. The summed E-state index contributed by atoms with van der Waals surface area (Å²) >= 11 is 9.58. The van der Waals surface area contributed by atoms with Crippen molar-refractivity contribution in [2.24, 2.45) is 0 Å². The number of benzene rings is 2. The van der Waals surface area contributed by atoms with Gasteiger partial charge in [0.25, 0.3) is 0 Å². The largest absolute Gasteiger partial charge is 0.457 e. The van der Waals surface area contributed by atoms with Crippen LogP contribution in [0.2, 0.25) is 5.02 Å². The van der Waals surface area contributed by atoms with Crippen LogP contribution in [0.25, 0.3) is 17.4 Å². The first-order valence-electron chi connectivity index (χ1n) is 7.83. The van der Waals surface area contributed by atoms with Crippen LogP contribution in [-0.2, 0) is 4.79 Å². The first kappa shape index (κ1) is 18.3. The van der Waals surface area contributed by atoms with Gasteiger partial charge in [0.05, 0.1) is 10.7 Å². The number of halogens is 2. The Hall–Kier alpha value is -2.50. The Morgan fingerprint density at radius 1 is 1.23 bits per heavy atom. The zero-order chi connectivity index (χ0) is 18.7. The normalized spacial score (nSPS) is 11.0. The second-order valence-electron chi connectivity index (χ2n) is 5.70. The number of nitrogens with two attached hydrogens (primary N) is 1. The summed E-state index contributed by atoms with van der Waals surface area (Å²) in [6, 6.07) is 14.6. The molecule has 6 heteroatoms. The lowest BCUT2D eigenvalue weighted by molar-refractivity contribution is -0.111. The van der Waals surface area contributed by atoms with E-state index in [4.69, 9.17) is 21.8 Å². The highest BCUT2D eigenvalue weighted by Crippen LogP contribution is 2.30. The minimum absolute atomic E-state index is 0.269. The molecule has 0 aliphatic rings. The number of hydrogen-bond donors (Lipinski definition) is 2. The third-order valence-corrected chi connectivity index (χ3v) is 4.68. The molecule has 0 atom stereocenters. The summed E-state index contributed by atoms with van der Waals surface area (Å²) in [6.45, 7) is 1.88. The van der Waals surface area contributed by atoms with Crippen LogP contribution in [0.15, 0.2) is 63.5 Å². The van der Waals surface area contributed by atoms with Gasteiger partial charge in [0.15, 0.2) is 0 Å². The molecule has 0 radical (unpaired) electrons. The van der Waals surface area contributed by atoms with E-state index in [0.717, 1.165) is 15.6 Å². The predicted molar refractivity (Wildman–Crippen MR) is 110 cm³/mol. The third kappa shape index (κ3) is 4.18. The van der Waals surface area contributed by atoms with E-state index >= 15 is 0 Å². The maximum absolute atomic E-state index is 12.2. The molecule has 26 heavy (non-hydrogen) atoms. The number of carbonyl (C=O) groups is 1. The number of nitrogen functional groups attached to an aromatic ring is 1. The van der Waals surface area contributed by atoms with Gasteiger partial charge in [0.1, 0.15) is 11.5 Å².